The molecule has 0 saturated heterocycles. The number of ether oxygens (including phenoxy) is 1. The molecule has 0 aliphatic carbocycles. The lowest BCUT2D eigenvalue weighted by Gasteiger charge is -2.10. The van der Waals surface area contributed by atoms with E-state index in [0.29, 0.717) is 13.0 Å². The van der Waals surface area contributed by atoms with Gasteiger partial charge in [0.1, 0.15) is 12.4 Å². The summed E-state index contributed by atoms with van der Waals surface area (Å²) in [7, 11) is 1.58. The summed E-state index contributed by atoms with van der Waals surface area (Å²) in [5, 5.41) is 2.53. The average Bonchev–Trinajstić information content (AvgIpc) is 2.40. The van der Waals surface area contributed by atoms with E-state index >= 15 is 0 Å². The maximum absolute atomic E-state index is 11.3. The van der Waals surface area contributed by atoms with Gasteiger partial charge in [-0.15, -0.1) is 18.3 Å². The molecule has 0 heterocycles. The number of hydrogen-bond donors (Lipinski definition) is 2. The Labute approximate surface area is 120 Å². The number of carbonyl (C=O) groups is 1. The number of rotatable bonds is 5. The number of hydrogen-bond acceptors (Lipinski definition) is 3. The average molecular weight is 283 g/mol. The second-order valence-electron chi connectivity index (χ2n) is 3.78. The third-order valence-electron chi connectivity index (χ3n) is 2.45. The second-order valence-corrected chi connectivity index (χ2v) is 3.78. The highest BCUT2D eigenvalue weighted by Gasteiger charge is 2.11. The molecule has 0 spiro atoms. The molecule has 3 N–H and O–H groups in total. The first-order valence-electron chi connectivity index (χ1n) is 5.76. The van der Waals surface area contributed by atoms with Crippen molar-refractivity contribution in [2.45, 2.75) is 19.4 Å². The lowest BCUT2D eigenvalue weighted by Crippen LogP contribution is -2.40. The zero-order chi connectivity index (χ0) is 13.4. The zero-order valence-corrected chi connectivity index (χ0v) is 11.9. The largest absolute Gasteiger partial charge is 0.481 e. The maximum Gasteiger partial charge on any atom is 0.237 e. The monoisotopic (exact) mass is 282 g/mol. The molecule has 0 radical (unpaired) electrons. The van der Waals surface area contributed by atoms with Crippen molar-refractivity contribution < 1.29 is 9.53 Å². The van der Waals surface area contributed by atoms with E-state index in [9.17, 15) is 4.79 Å². The Hall–Kier alpha value is -1.70. The van der Waals surface area contributed by atoms with Crippen LogP contribution in [-0.4, -0.2) is 25.6 Å². The van der Waals surface area contributed by atoms with Crippen LogP contribution in [0.5, 0.6) is 5.75 Å². The molecule has 0 unspecified atom stereocenters. The molecule has 0 aliphatic heterocycles. The minimum Gasteiger partial charge on any atom is -0.481 e. The number of amides is 1. The Morgan fingerprint density at radius 1 is 1.42 bits per heavy atom. The highest BCUT2D eigenvalue weighted by molar-refractivity contribution is 5.85. The van der Waals surface area contributed by atoms with Gasteiger partial charge in [-0.2, -0.15) is 0 Å². The molecule has 1 aromatic rings. The van der Waals surface area contributed by atoms with Gasteiger partial charge in [0.2, 0.25) is 5.91 Å². The number of carbonyl (C=O) groups excluding carboxylic acids is 1. The minimum absolute atomic E-state index is 0. The predicted octanol–water partition coefficient (Wildman–Crippen LogP) is 1.13. The zero-order valence-electron chi connectivity index (χ0n) is 11.1. The molecule has 1 amide bonds. The first kappa shape index (κ1) is 17.3. The van der Waals surface area contributed by atoms with Crippen LogP contribution in [0.4, 0.5) is 0 Å². The molecule has 19 heavy (non-hydrogen) atoms. The number of nitrogens with one attached hydrogen (secondary N) is 1. The van der Waals surface area contributed by atoms with Crippen molar-refractivity contribution in [3.63, 3.8) is 0 Å². The van der Waals surface area contributed by atoms with E-state index in [4.69, 9.17) is 10.5 Å². The molecule has 104 valence electrons. The highest BCUT2D eigenvalue weighted by Crippen LogP contribution is 2.13. The summed E-state index contributed by atoms with van der Waals surface area (Å²) in [5.41, 5.74) is 6.73. The number of benzene rings is 1. The Bertz CT molecular complexity index is 449. The molecular weight excluding hydrogens is 264 g/mol. The number of halogens is 1. The van der Waals surface area contributed by atoms with Gasteiger partial charge in [-0.1, -0.05) is 18.1 Å². The molecule has 0 fully saturated rings. The summed E-state index contributed by atoms with van der Waals surface area (Å²) >= 11 is 0. The molecular formula is C14H19ClN2O2. The number of likely N-dealkylation sites (N-methyl/N-ethyl adjacent to an activating group) is 1. The van der Waals surface area contributed by atoms with Crippen molar-refractivity contribution in [2.24, 2.45) is 5.73 Å². The van der Waals surface area contributed by atoms with Gasteiger partial charge in [0.15, 0.2) is 0 Å². The van der Waals surface area contributed by atoms with Crippen molar-refractivity contribution in [3.05, 3.63) is 29.8 Å². The van der Waals surface area contributed by atoms with Gasteiger partial charge >= 0.3 is 0 Å². The van der Waals surface area contributed by atoms with E-state index in [1.165, 1.54) is 0 Å². The van der Waals surface area contributed by atoms with Gasteiger partial charge in [-0.25, -0.2) is 0 Å². The molecule has 1 aromatic carbocycles. The fourth-order valence-electron chi connectivity index (χ4n) is 1.45. The van der Waals surface area contributed by atoms with Crippen LogP contribution in [0.25, 0.3) is 0 Å². The van der Waals surface area contributed by atoms with Crippen LogP contribution in [0.2, 0.25) is 0 Å². The molecule has 5 heteroatoms. The summed E-state index contributed by atoms with van der Waals surface area (Å²) in [6.07, 6.45) is 0.509. The highest BCUT2D eigenvalue weighted by atomic mass is 35.5. The SMILES string of the molecule is CC#CCOc1ccc(C[C@H](N)C(=O)NC)cc1.Cl. The van der Waals surface area contributed by atoms with E-state index in [2.05, 4.69) is 17.2 Å². The van der Waals surface area contributed by atoms with Crippen LogP contribution in [0.1, 0.15) is 12.5 Å². The Balaban J connectivity index is 0.00000324. The molecule has 0 saturated carbocycles. The first-order chi connectivity index (χ1) is 8.67. The standard InChI is InChI=1S/C14H18N2O2.ClH/c1-3-4-9-18-12-7-5-11(6-8-12)10-13(15)14(17)16-2;/h5-8,13H,9-10,15H2,1-2H3,(H,16,17);1H/t13-;/m0./s1. The lowest BCUT2D eigenvalue weighted by molar-refractivity contribution is -0.121. The summed E-state index contributed by atoms with van der Waals surface area (Å²) in [5.74, 6) is 6.18. The van der Waals surface area contributed by atoms with Crippen molar-refractivity contribution >= 4 is 18.3 Å². The fraction of sp³-hybridized carbons (Fsp3) is 0.357. The maximum atomic E-state index is 11.3. The first-order valence-corrected chi connectivity index (χ1v) is 5.76. The lowest BCUT2D eigenvalue weighted by atomic mass is 10.1. The Kier molecular flexibility index (Phi) is 8.43. The quantitative estimate of drug-likeness (QED) is 0.796. The summed E-state index contributed by atoms with van der Waals surface area (Å²) in [6, 6.07) is 6.98. The van der Waals surface area contributed by atoms with Gasteiger partial charge in [0.05, 0.1) is 6.04 Å². The molecule has 0 bridgehead atoms. The van der Waals surface area contributed by atoms with Crippen molar-refractivity contribution in [1.82, 2.24) is 5.32 Å². The predicted molar refractivity (Wildman–Crippen MR) is 78.4 cm³/mol. The normalized spacial score (nSPS) is 10.5. The molecule has 4 nitrogen and oxygen atoms in total. The van der Waals surface area contributed by atoms with Gasteiger partial charge in [0, 0.05) is 7.05 Å². The van der Waals surface area contributed by atoms with Gasteiger partial charge in [-0.3, -0.25) is 4.79 Å². The van der Waals surface area contributed by atoms with Crippen LogP contribution in [0.15, 0.2) is 24.3 Å². The summed E-state index contributed by atoms with van der Waals surface area (Å²) < 4.78 is 5.39. The second kappa shape index (κ2) is 9.26. The van der Waals surface area contributed by atoms with Gasteiger partial charge in [0.25, 0.3) is 0 Å². The van der Waals surface area contributed by atoms with Crippen LogP contribution in [0.3, 0.4) is 0 Å². The molecule has 0 aromatic heterocycles. The van der Waals surface area contributed by atoms with E-state index in [1.54, 1.807) is 14.0 Å². The van der Waals surface area contributed by atoms with Crippen LogP contribution < -0.4 is 15.8 Å². The van der Waals surface area contributed by atoms with Crippen LogP contribution in [-0.2, 0) is 11.2 Å². The fourth-order valence-corrected chi connectivity index (χ4v) is 1.45. The Morgan fingerprint density at radius 3 is 2.58 bits per heavy atom. The molecule has 1 rings (SSSR count). The van der Waals surface area contributed by atoms with E-state index < -0.39 is 6.04 Å². The Morgan fingerprint density at radius 2 is 2.05 bits per heavy atom. The van der Waals surface area contributed by atoms with E-state index in [1.807, 2.05) is 24.3 Å². The molecule has 1 atom stereocenters. The van der Waals surface area contributed by atoms with Crippen molar-refractivity contribution in [3.8, 4) is 17.6 Å². The topological polar surface area (TPSA) is 64.3 Å². The van der Waals surface area contributed by atoms with Crippen molar-refractivity contribution in [2.75, 3.05) is 13.7 Å². The third kappa shape index (κ3) is 6.14. The molecule has 0 aliphatic rings. The third-order valence-corrected chi connectivity index (χ3v) is 2.45. The van der Waals surface area contributed by atoms with E-state index in [0.717, 1.165) is 11.3 Å². The summed E-state index contributed by atoms with van der Waals surface area (Å²) in [6.45, 7) is 2.15. The smallest absolute Gasteiger partial charge is 0.237 e. The van der Waals surface area contributed by atoms with Gasteiger partial charge < -0.3 is 15.8 Å². The number of nitrogens with two attached hydrogens (primary N) is 1. The van der Waals surface area contributed by atoms with Crippen molar-refractivity contribution in [1.29, 1.82) is 0 Å². The van der Waals surface area contributed by atoms with E-state index in [-0.39, 0.29) is 18.3 Å². The van der Waals surface area contributed by atoms with Crippen LogP contribution >= 0.6 is 12.4 Å². The van der Waals surface area contributed by atoms with Crippen LogP contribution in [0, 0.1) is 11.8 Å². The minimum atomic E-state index is -0.521. The van der Waals surface area contributed by atoms with Gasteiger partial charge in [-0.05, 0) is 31.0 Å². The summed E-state index contributed by atoms with van der Waals surface area (Å²) in [4.78, 5) is 11.3.